The zero-order chi connectivity index (χ0) is 23.5. The Hall–Kier alpha value is -4.26. The Bertz CT molecular complexity index is 1390. The van der Waals surface area contributed by atoms with E-state index in [-0.39, 0.29) is 11.3 Å². The normalized spacial score (nSPS) is 15.0. The molecule has 0 atom stereocenters. The van der Waals surface area contributed by atoms with Crippen LogP contribution in [0, 0.1) is 0 Å². The molecule has 4 N–H and O–H groups in total. The number of hydrogen-bond donors (Lipinski definition) is 3. The molecule has 7 heteroatoms. The Labute approximate surface area is 197 Å². The lowest BCUT2D eigenvalue weighted by atomic mass is 9.76. The summed E-state index contributed by atoms with van der Waals surface area (Å²) in [6.07, 6.45) is 7.89. The molecule has 1 amide bonds. The number of H-pyrrole nitrogens is 1. The second-order valence-electron chi connectivity index (χ2n) is 8.64. The number of hydrogen-bond acceptors (Lipinski definition) is 5. The van der Waals surface area contributed by atoms with E-state index in [9.17, 15) is 4.79 Å². The molecule has 0 saturated heterocycles. The molecular weight excluding hydrogens is 424 g/mol. The second kappa shape index (κ2) is 8.94. The number of benzene rings is 2. The molecular formula is C27H26N6O. The van der Waals surface area contributed by atoms with Crippen molar-refractivity contribution in [2.45, 2.75) is 18.3 Å². The zero-order valence-corrected chi connectivity index (χ0v) is 19.0. The van der Waals surface area contributed by atoms with E-state index < -0.39 is 0 Å². The van der Waals surface area contributed by atoms with E-state index in [1.54, 1.807) is 13.4 Å². The standard InChI is InChI=1S/C27H26N6O/c1-29-15-21(14-28)26(34)31-16-27(12-19-5-2-3-6-20(19)13-27)22-8-4-7-18(11-22)24-23-9-10-30-25(23)33-17-32-24/h2-11,14-15,17H,12-13,16,28H2,1H3,(H,31,34)(H,30,32,33). The monoisotopic (exact) mass is 450 g/mol. The van der Waals surface area contributed by atoms with Crippen LogP contribution in [0.5, 0.6) is 0 Å². The van der Waals surface area contributed by atoms with Crippen LogP contribution in [0.25, 0.3) is 22.3 Å². The molecule has 170 valence electrons. The van der Waals surface area contributed by atoms with Crippen molar-refractivity contribution < 1.29 is 4.79 Å². The Morgan fingerprint density at radius 3 is 2.68 bits per heavy atom. The Kier molecular flexibility index (Phi) is 5.67. The first-order valence-electron chi connectivity index (χ1n) is 11.2. The summed E-state index contributed by atoms with van der Waals surface area (Å²) in [6.45, 7) is 0.474. The van der Waals surface area contributed by atoms with Gasteiger partial charge in [0.1, 0.15) is 12.0 Å². The molecule has 0 spiro atoms. The van der Waals surface area contributed by atoms with E-state index in [0.29, 0.717) is 12.1 Å². The summed E-state index contributed by atoms with van der Waals surface area (Å²) in [7, 11) is 1.62. The quantitative estimate of drug-likeness (QED) is 0.309. The zero-order valence-electron chi connectivity index (χ0n) is 19.0. The SMILES string of the molecule is CN=CC(=CN)C(=O)NCC1(c2cccc(-c3ncnc4[nH]ccc34)c2)Cc2ccccc2C1. The van der Waals surface area contributed by atoms with Crippen LogP contribution in [0.2, 0.25) is 0 Å². The van der Waals surface area contributed by atoms with Crippen molar-refractivity contribution in [3.8, 4) is 11.3 Å². The lowest BCUT2D eigenvalue weighted by Gasteiger charge is -2.30. The number of nitrogens with one attached hydrogen (secondary N) is 2. The third kappa shape index (κ3) is 3.85. The average Bonchev–Trinajstić information content (AvgIpc) is 3.51. The molecule has 0 bridgehead atoms. The van der Waals surface area contributed by atoms with E-state index in [1.807, 2.05) is 12.3 Å². The number of nitrogens with zero attached hydrogens (tertiary/aromatic N) is 3. The fourth-order valence-electron chi connectivity index (χ4n) is 4.89. The van der Waals surface area contributed by atoms with Crippen LogP contribution in [0.3, 0.4) is 0 Å². The van der Waals surface area contributed by atoms with Gasteiger partial charge in [-0.25, -0.2) is 9.97 Å². The van der Waals surface area contributed by atoms with Gasteiger partial charge < -0.3 is 16.0 Å². The molecule has 4 aromatic rings. The second-order valence-corrected chi connectivity index (χ2v) is 8.64. The molecule has 1 aliphatic carbocycles. The Morgan fingerprint density at radius 2 is 1.94 bits per heavy atom. The number of aromatic amines is 1. The van der Waals surface area contributed by atoms with Crippen LogP contribution in [-0.4, -0.2) is 40.7 Å². The number of carbonyl (C=O) groups excluding carboxylic acids is 1. The molecule has 0 radical (unpaired) electrons. The number of amides is 1. The highest BCUT2D eigenvalue weighted by Gasteiger charge is 2.39. The third-order valence-corrected chi connectivity index (χ3v) is 6.58. The number of aromatic nitrogens is 3. The van der Waals surface area contributed by atoms with Crippen LogP contribution >= 0.6 is 0 Å². The van der Waals surface area contributed by atoms with Crippen molar-refractivity contribution in [1.82, 2.24) is 20.3 Å². The van der Waals surface area contributed by atoms with E-state index in [2.05, 4.69) is 73.8 Å². The van der Waals surface area contributed by atoms with Gasteiger partial charge >= 0.3 is 0 Å². The lowest BCUT2D eigenvalue weighted by Crippen LogP contribution is -2.42. The van der Waals surface area contributed by atoms with E-state index >= 15 is 0 Å². The van der Waals surface area contributed by atoms with Crippen molar-refractivity contribution in [2.24, 2.45) is 10.7 Å². The van der Waals surface area contributed by atoms with Crippen molar-refractivity contribution in [3.63, 3.8) is 0 Å². The minimum Gasteiger partial charge on any atom is -0.404 e. The first-order valence-corrected chi connectivity index (χ1v) is 11.2. The van der Waals surface area contributed by atoms with Gasteiger partial charge in [0.25, 0.3) is 5.91 Å². The summed E-state index contributed by atoms with van der Waals surface area (Å²) in [4.78, 5) is 28.8. The maximum atomic E-state index is 12.8. The van der Waals surface area contributed by atoms with Gasteiger partial charge in [0, 0.05) is 48.6 Å². The highest BCUT2D eigenvalue weighted by Crippen LogP contribution is 2.41. The van der Waals surface area contributed by atoms with Crippen molar-refractivity contribution in [2.75, 3.05) is 13.6 Å². The number of nitrogens with two attached hydrogens (primary N) is 1. The van der Waals surface area contributed by atoms with Gasteiger partial charge in [-0.2, -0.15) is 0 Å². The predicted molar refractivity (Wildman–Crippen MR) is 135 cm³/mol. The lowest BCUT2D eigenvalue weighted by molar-refractivity contribution is -0.117. The maximum Gasteiger partial charge on any atom is 0.254 e. The molecule has 5 rings (SSSR count). The molecule has 0 saturated carbocycles. The summed E-state index contributed by atoms with van der Waals surface area (Å²) in [5.41, 5.74) is 12.2. The highest BCUT2D eigenvalue weighted by molar-refractivity contribution is 6.12. The molecule has 0 aliphatic heterocycles. The third-order valence-electron chi connectivity index (χ3n) is 6.58. The Balaban J connectivity index is 1.54. The summed E-state index contributed by atoms with van der Waals surface area (Å²) in [5, 5.41) is 4.09. The average molecular weight is 451 g/mol. The number of fused-ring (bicyclic) bond motifs is 2. The topological polar surface area (TPSA) is 109 Å². The van der Waals surface area contributed by atoms with Gasteiger partial charge in [0.15, 0.2) is 0 Å². The summed E-state index contributed by atoms with van der Waals surface area (Å²) >= 11 is 0. The van der Waals surface area contributed by atoms with Gasteiger partial charge in [-0.1, -0.05) is 42.5 Å². The fraction of sp³-hybridized carbons (Fsp3) is 0.185. The molecule has 2 aromatic carbocycles. The van der Waals surface area contributed by atoms with Crippen LogP contribution < -0.4 is 11.1 Å². The Morgan fingerprint density at radius 1 is 1.15 bits per heavy atom. The maximum absolute atomic E-state index is 12.8. The molecule has 7 nitrogen and oxygen atoms in total. The molecule has 2 heterocycles. The molecule has 0 fully saturated rings. The number of rotatable bonds is 6. The van der Waals surface area contributed by atoms with Crippen LogP contribution in [0.1, 0.15) is 16.7 Å². The highest BCUT2D eigenvalue weighted by atomic mass is 16.1. The smallest absolute Gasteiger partial charge is 0.254 e. The van der Waals surface area contributed by atoms with Gasteiger partial charge in [0.05, 0.1) is 11.3 Å². The molecule has 2 aromatic heterocycles. The van der Waals surface area contributed by atoms with Crippen LogP contribution in [0.15, 0.2) is 83.9 Å². The van der Waals surface area contributed by atoms with Crippen molar-refractivity contribution in [3.05, 3.63) is 95.6 Å². The molecule has 1 aliphatic rings. The number of carbonyl (C=O) groups is 1. The van der Waals surface area contributed by atoms with E-state index in [1.165, 1.54) is 23.5 Å². The molecule has 34 heavy (non-hydrogen) atoms. The van der Waals surface area contributed by atoms with Crippen molar-refractivity contribution in [1.29, 1.82) is 0 Å². The largest absolute Gasteiger partial charge is 0.404 e. The number of aliphatic imine (C=N–C) groups is 1. The summed E-state index contributed by atoms with van der Waals surface area (Å²) < 4.78 is 0. The predicted octanol–water partition coefficient (Wildman–Crippen LogP) is 3.32. The fourth-order valence-corrected chi connectivity index (χ4v) is 4.89. The van der Waals surface area contributed by atoms with Gasteiger partial charge in [0.2, 0.25) is 0 Å². The van der Waals surface area contributed by atoms with Crippen LogP contribution in [-0.2, 0) is 23.1 Å². The first-order chi connectivity index (χ1) is 16.6. The van der Waals surface area contributed by atoms with Gasteiger partial charge in [-0.3, -0.25) is 9.79 Å². The van der Waals surface area contributed by atoms with Crippen molar-refractivity contribution >= 4 is 23.2 Å². The minimum atomic E-state index is -0.289. The summed E-state index contributed by atoms with van der Waals surface area (Å²) in [5.74, 6) is -0.232. The van der Waals surface area contributed by atoms with Crippen LogP contribution in [0.4, 0.5) is 0 Å². The first kappa shape index (κ1) is 21.6. The molecule has 0 unspecified atom stereocenters. The van der Waals surface area contributed by atoms with Gasteiger partial charge in [-0.15, -0.1) is 0 Å². The summed E-state index contributed by atoms with van der Waals surface area (Å²) in [6, 6.07) is 18.9. The minimum absolute atomic E-state index is 0.232. The van der Waals surface area contributed by atoms with E-state index in [0.717, 1.165) is 40.7 Å². The van der Waals surface area contributed by atoms with Gasteiger partial charge in [-0.05, 0) is 41.7 Å². The van der Waals surface area contributed by atoms with E-state index in [4.69, 9.17) is 5.73 Å².